The van der Waals surface area contributed by atoms with Gasteiger partial charge in [-0.2, -0.15) is 0 Å². The predicted octanol–water partition coefficient (Wildman–Crippen LogP) is 15.6. The van der Waals surface area contributed by atoms with E-state index in [2.05, 4.69) is 46.7 Å². The van der Waals surface area contributed by atoms with Crippen molar-refractivity contribution in [3.63, 3.8) is 0 Å². The minimum Gasteiger partial charge on any atom is -0.466 e. The van der Waals surface area contributed by atoms with Crippen LogP contribution < -0.4 is 0 Å². The molecule has 0 aliphatic carbocycles. The number of hydrogen-bond donors (Lipinski definition) is 0. The maximum Gasteiger partial charge on any atom is 0.305 e. The molecule has 0 saturated heterocycles. The van der Waals surface area contributed by atoms with Gasteiger partial charge in [0.15, 0.2) is 0 Å². The Balaban J connectivity index is 4.23. The number of rotatable bonds is 44. The van der Waals surface area contributed by atoms with E-state index in [9.17, 15) is 9.59 Å². The molecule has 0 N–H and O–H groups in total. The third-order valence-corrected chi connectivity index (χ3v) is 12.1. The average Bonchev–Trinajstić information content (AvgIpc) is 3.16. The molecule has 0 aliphatic heterocycles. The van der Waals surface area contributed by atoms with Crippen molar-refractivity contribution in [2.75, 3.05) is 33.9 Å². The highest BCUT2D eigenvalue weighted by atomic mass is 16.5. The van der Waals surface area contributed by atoms with Crippen molar-refractivity contribution in [1.82, 2.24) is 4.90 Å². The fourth-order valence-corrected chi connectivity index (χ4v) is 8.36. The minimum absolute atomic E-state index is 0.0183. The molecule has 5 heteroatoms. The van der Waals surface area contributed by atoms with Crippen LogP contribution in [0.4, 0.5) is 0 Å². The highest BCUT2D eigenvalue weighted by Gasteiger charge is 2.13. The molecule has 0 radical (unpaired) electrons. The van der Waals surface area contributed by atoms with Crippen molar-refractivity contribution in [1.29, 1.82) is 0 Å². The third kappa shape index (κ3) is 39.5. The first-order valence-corrected chi connectivity index (χ1v) is 24.8. The molecule has 0 bridgehead atoms. The van der Waals surface area contributed by atoms with E-state index in [0.717, 1.165) is 56.3 Å². The standard InChI is InChI=1S/C50H99NO4/c1-7-11-22-32-47(33-23-12-8-2)41-44-54-49(52)39-29-19-15-17-26-36-46(38-28-21-31-43-51(5)6)37-27-18-16-20-30-40-50(53)55-45-42-48(34-24-13-9-3)35-25-14-10-4/h46-48H,7-45H2,1-6H3. The van der Waals surface area contributed by atoms with Crippen LogP contribution >= 0.6 is 0 Å². The monoisotopic (exact) mass is 778 g/mol. The largest absolute Gasteiger partial charge is 0.466 e. The molecular formula is C50H99NO4. The zero-order chi connectivity index (χ0) is 40.5. The van der Waals surface area contributed by atoms with E-state index in [1.54, 1.807) is 0 Å². The van der Waals surface area contributed by atoms with Gasteiger partial charge in [-0.25, -0.2) is 0 Å². The van der Waals surface area contributed by atoms with Crippen LogP contribution in [0.3, 0.4) is 0 Å². The van der Waals surface area contributed by atoms with Gasteiger partial charge < -0.3 is 14.4 Å². The summed E-state index contributed by atoms with van der Waals surface area (Å²) in [5.41, 5.74) is 0. The number of esters is 2. The number of hydrogen-bond acceptors (Lipinski definition) is 5. The number of unbranched alkanes of at least 4 members (excludes halogenated alkanes) is 18. The van der Waals surface area contributed by atoms with Crippen LogP contribution in [0.15, 0.2) is 0 Å². The van der Waals surface area contributed by atoms with Gasteiger partial charge in [0, 0.05) is 12.8 Å². The van der Waals surface area contributed by atoms with E-state index in [0.29, 0.717) is 26.1 Å². The van der Waals surface area contributed by atoms with Gasteiger partial charge in [0.1, 0.15) is 0 Å². The summed E-state index contributed by atoms with van der Waals surface area (Å²) in [6.07, 6.45) is 44.2. The molecule has 0 atom stereocenters. The zero-order valence-corrected chi connectivity index (χ0v) is 38.4. The first kappa shape index (κ1) is 53.9. The minimum atomic E-state index is 0.0183. The summed E-state index contributed by atoms with van der Waals surface area (Å²) in [5, 5.41) is 0. The first-order valence-electron chi connectivity index (χ1n) is 24.8. The predicted molar refractivity (Wildman–Crippen MR) is 240 cm³/mol. The average molecular weight is 778 g/mol. The summed E-state index contributed by atoms with van der Waals surface area (Å²) in [4.78, 5) is 27.1. The molecule has 0 aromatic rings. The van der Waals surface area contributed by atoms with Crippen molar-refractivity contribution in [3.8, 4) is 0 Å². The van der Waals surface area contributed by atoms with Crippen molar-refractivity contribution >= 4 is 11.9 Å². The quantitative estimate of drug-likeness (QED) is 0.0455. The van der Waals surface area contributed by atoms with Gasteiger partial charge in [-0.05, 0) is 70.5 Å². The SMILES string of the molecule is CCCCCC(CCCCC)CCOC(=O)CCCCCCCC(CCCCCCCC(=O)OCCC(CCCCC)CCCCC)CCCCCN(C)C. The van der Waals surface area contributed by atoms with Gasteiger partial charge in [-0.15, -0.1) is 0 Å². The smallest absolute Gasteiger partial charge is 0.305 e. The lowest BCUT2D eigenvalue weighted by Gasteiger charge is -2.17. The normalized spacial score (nSPS) is 11.8. The van der Waals surface area contributed by atoms with Gasteiger partial charge in [0.05, 0.1) is 13.2 Å². The van der Waals surface area contributed by atoms with E-state index in [-0.39, 0.29) is 11.9 Å². The van der Waals surface area contributed by atoms with Crippen LogP contribution in [0.5, 0.6) is 0 Å². The van der Waals surface area contributed by atoms with Crippen molar-refractivity contribution in [3.05, 3.63) is 0 Å². The van der Waals surface area contributed by atoms with Crippen molar-refractivity contribution in [2.45, 2.75) is 259 Å². The molecule has 55 heavy (non-hydrogen) atoms. The Bertz CT molecular complexity index is 725. The Hall–Kier alpha value is -1.10. The van der Waals surface area contributed by atoms with Crippen LogP contribution in [-0.4, -0.2) is 50.7 Å². The summed E-state index contributed by atoms with van der Waals surface area (Å²) >= 11 is 0. The van der Waals surface area contributed by atoms with E-state index in [1.165, 1.54) is 186 Å². The van der Waals surface area contributed by atoms with E-state index in [4.69, 9.17) is 9.47 Å². The van der Waals surface area contributed by atoms with Crippen LogP contribution in [0.2, 0.25) is 0 Å². The fourth-order valence-electron chi connectivity index (χ4n) is 8.36. The van der Waals surface area contributed by atoms with Gasteiger partial charge in [-0.1, -0.05) is 214 Å². The second kappa shape index (κ2) is 42.5. The maximum atomic E-state index is 12.4. The molecular weight excluding hydrogens is 679 g/mol. The highest BCUT2D eigenvalue weighted by Crippen LogP contribution is 2.25. The molecule has 0 aliphatic rings. The Labute approximate surface area is 345 Å². The lowest BCUT2D eigenvalue weighted by atomic mass is 9.89. The van der Waals surface area contributed by atoms with Gasteiger partial charge in [0.2, 0.25) is 0 Å². The van der Waals surface area contributed by atoms with E-state index < -0.39 is 0 Å². The third-order valence-electron chi connectivity index (χ3n) is 12.1. The number of carbonyl (C=O) groups is 2. The molecule has 328 valence electrons. The van der Waals surface area contributed by atoms with Crippen molar-refractivity contribution < 1.29 is 19.1 Å². The summed E-state index contributed by atoms with van der Waals surface area (Å²) in [6.45, 7) is 11.5. The molecule has 0 unspecified atom stereocenters. The zero-order valence-electron chi connectivity index (χ0n) is 38.4. The van der Waals surface area contributed by atoms with Crippen LogP contribution in [0.1, 0.15) is 259 Å². The Kier molecular flexibility index (Phi) is 41.7. The maximum absolute atomic E-state index is 12.4. The summed E-state index contributed by atoms with van der Waals surface area (Å²) in [7, 11) is 4.35. The fraction of sp³-hybridized carbons (Fsp3) is 0.960. The molecule has 0 saturated carbocycles. The Morgan fingerprint density at radius 3 is 0.964 bits per heavy atom. The Morgan fingerprint density at radius 1 is 0.364 bits per heavy atom. The number of nitrogens with zero attached hydrogens (tertiary/aromatic N) is 1. The summed E-state index contributed by atoms with van der Waals surface area (Å²) in [5.74, 6) is 2.34. The van der Waals surface area contributed by atoms with E-state index >= 15 is 0 Å². The lowest BCUT2D eigenvalue weighted by molar-refractivity contribution is -0.145. The second-order valence-corrected chi connectivity index (χ2v) is 17.9. The molecule has 0 aromatic carbocycles. The molecule has 0 amide bonds. The van der Waals surface area contributed by atoms with Gasteiger partial charge >= 0.3 is 11.9 Å². The molecule has 0 spiro atoms. The van der Waals surface area contributed by atoms with Crippen molar-refractivity contribution in [2.24, 2.45) is 17.8 Å². The lowest BCUT2D eigenvalue weighted by Crippen LogP contribution is -2.12. The highest BCUT2D eigenvalue weighted by molar-refractivity contribution is 5.69. The molecule has 0 fully saturated rings. The van der Waals surface area contributed by atoms with Crippen LogP contribution in [0, 0.1) is 17.8 Å². The van der Waals surface area contributed by atoms with Gasteiger partial charge in [0.25, 0.3) is 0 Å². The molecule has 0 aromatic heterocycles. The number of carbonyl (C=O) groups excluding carboxylic acids is 2. The number of ether oxygens (including phenoxy) is 2. The second-order valence-electron chi connectivity index (χ2n) is 17.9. The van der Waals surface area contributed by atoms with Gasteiger partial charge in [-0.3, -0.25) is 9.59 Å². The van der Waals surface area contributed by atoms with Crippen LogP contribution in [0.25, 0.3) is 0 Å². The van der Waals surface area contributed by atoms with E-state index in [1.807, 2.05) is 0 Å². The first-order chi connectivity index (χ1) is 26.9. The topological polar surface area (TPSA) is 55.8 Å². The molecule has 0 rings (SSSR count). The Morgan fingerprint density at radius 2 is 0.636 bits per heavy atom. The molecule has 0 heterocycles. The summed E-state index contributed by atoms with van der Waals surface area (Å²) < 4.78 is 11.4. The van der Waals surface area contributed by atoms with Crippen LogP contribution in [-0.2, 0) is 19.1 Å². The molecule has 5 nitrogen and oxygen atoms in total. The summed E-state index contributed by atoms with van der Waals surface area (Å²) in [6, 6.07) is 0.